The molecule has 0 radical (unpaired) electrons. The molecule has 2 N–H and O–H groups in total. The van der Waals surface area contributed by atoms with E-state index in [4.69, 9.17) is 4.74 Å². The van der Waals surface area contributed by atoms with E-state index in [2.05, 4.69) is 10.2 Å². The number of para-hydroxylation sites is 2. The first-order valence-corrected chi connectivity index (χ1v) is 9.53. The van der Waals surface area contributed by atoms with Gasteiger partial charge in [-0.25, -0.2) is 9.69 Å². The van der Waals surface area contributed by atoms with E-state index in [-0.39, 0.29) is 17.0 Å². The summed E-state index contributed by atoms with van der Waals surface area (Å²) in [7, 11) is 1.42. The van der Waals surface area contributed by atoms with E-state index in [9.17, 15) is 19.5 Å². The Kier molecular flexibility index (Phi) is 6.06. The van der Waals surface area contributed by atoms with Gasteiger partial charge in [0, 0.05) is 30.4 Å². The Labute approximate surface area is 174 Å². The number of methoxy groups -OCH3 is 1. The van der Waals surface area contributed by atoms with E-state index >= 15 is 0 Å². The number of phenols is 1. The molecule has 156 valence electrons. The van der Waals surface area contributed by atoms with Gasteiger partial charge in [0.15, 0.2) is 0 Å². The number of ether oxygens (including phenoxy) is 1. The summed E-state index contributed by atoms with van der Waals surface area (Å²) in [5.41, 5.74) is 1.05. The first kappa shape index (κ1) is 20.9. The number of nitrogens with one attached hydrogen (secondary N) is 1. The molecule has 0 saturated carbocycles. The molecule has 1 fully saturated rings. The molecule has 0 atom stereocenters. The van der Waals surface area contributed by atoms with Crippen molar-refractivity contribution in [3.8, 4) is 11.5 Å². The average molecular weight is 409 g/mol. The highest BCUT2D eigenvalue weighted by Crippen LogP contribution is 2.32. The number of rotatable bonds is 6. The van der Waals surface area contributed by atoms with Gasteiger partial charge in [0.25, 0.3) is 11.8 Å². The van der Waals surface area contributed by atoms with Crippen LogP contribution in [0, 0.1) is 0 Å². The molecule has 8 nitrogen and oxygen atoms in total. The number of aromatic hydroxyl groups is 1. The van der Waals surface area contributed by atoms with Crippen LogP contribution in [-0.2, 0) is 9.59 Å². The first-order chi connectivity index (χ1) is 14.4. The molecule has 4 amide bonds. The van der Waals surface area contributed by atoms with Gasteiger partial charge in [-0.1, -0.05) is 12.1 Å². The molecular formula is C22H23N3O5. The van der Waals surface area contributed by atoms with Crippen LogP contribution in [0.3, 0.4) is 0 Å². The highest BCUT2D eigenvalue weighted by Gasteiger charge is 2.38. The molecule has 0 aliphatic carbocycles. The summed E-state index contributed by atoms with van der Waals surface area (Å²) in [6.07, 6.45) is 1.27. The lowest BCUT2D eigenvalue weighted by Crippen LogP contribution is -2.54. The molecule has 8 heteroatoms. The van der Waals surface area contributed by atoms with Gasteiger partial charge in [-0.3, -0.25) is 14.9 Å². The summed E-state index contributed by atoms with van der Waals surface area (Å²) >= 11 is 0. The van der Waals surface area contributed by atoms with Crippen LogP contribution >= 0.6 is 0 Å². The number of carbonyl (C=O) groups excluding carboxylic acids is 3. The zero-order chi connectivity index (χ0) is 21.8. The number of carbonyl (C=O) groups is 3. The van der Waals surface area contributed by atoms with Crippen molar-refractivity contribution in [2.75, 3.05) is 30.0 Å². The second-order valence-corrected chi connectivity index (χ2v) is 6.55. The third-order valence-corrected chi connectivity index (χ3v) is 4.87. The van der Waals surface area contributed by atoms with Gasteiger partial charge in [0.05, 0.1) is 12.8 Å². The summed E-state index contributed by atoms with van der Waals surface area (Å²) in [5.74, 6) is -1.40. The largest absolute Gasteiger partial charge is 0.507 e. The SMILES string of the molecule is CCN(CC)c1ccc(/C=C2\C(=O)NC(=O)N(c3ccccc3OC)C2=O)c(O)c1. The van der Waals surface area contributed by atoms with Gasteiger partial charge in [-0.2, -0.15) is 0 Å². The van der Waals surface area contributed by atoms with Gasteiger partial charge in [0.2, 0.25) is 0 Å². The Morgan fingerprint density at radius 2 is 1.80 bits per heavy atom. The monoisotopic (exact) mass is 409 g/mol. The van der Waals surface area contributed by atoms with Crippen LogP contribution in [0.1, 0.15) is 19.4 Å². The van der Waals surface area contributed by atoms with Crippen molar-refractivity contribution in [1.82, 2.24) is 5.32 Å². The van der Waals surface area contributed by atoms with E-state index in [1.807, 2.05) is 13.8 Å². The maximum Gasteiger partial charge on any atom is 0.336 e. The fourth-order valence-electron chi connectivity index (χ4n) is 3.29. The predicted molar refractivity (Wildman–Crippen MR) is 114 cm³/mol. The quantitative estimate of drug-likeness (QED) is 0.562. The minimum Gasteiger partial charge on any atom is -0.507 e. The van der Waals surface area contributed by atoms with Gasteiger partial charge < -0.3 is 14.7 Å². The van der Waals surface area contributed by atoms with E-state index in [0.717, 1.165) is 23.7 Å². The molecule has 1 aliphatic heterocycles. The Hall–Kier alpha value is -3.81. The van der Waals surface area contributed by atoms with Crippen LogP contribution < -0.4 is 19.9 Å². The van der Waals surface area contributed by atoms with E-state index in [1.54, 1.807) is 42.5 Å². The second kappa shape index (κ2) is 8.69. The lowest BCUT2D eigenvalue weighted by Gasteiger charge is -2.27. The third-order valence-electron chi connectivity index (χ3n) is 4.87. The normalized spacial score (nSPS) is 15.4. The maximum absolute atomic E-state index is 13.0. The van der Waals surface area contributed by atoms with Crippen molar-refractivity contribution < 1.29 is 24.2 Å². The second-order valence-electron chi connectivity index (χ2n) is 6.55. The van der Waals surface area contributed by atoms with E-state index < -0.39 is 17.8 Å². The van der Waals surface area contributed by atoms with Gasteiger partial charge in [-0.15, -0.1) is 0 Å². The number of benzene rings is 2. The zero-order valence-electron chi connectivity index (χ0n) is 17.0. The van der Waals surface area contributed by atoms with Crippen molar-refractivity contribution in [3.05, 3.63) is 53.6 Å². The summed E-state index contributed by atoms with van der Waals surface area (Å²) in [4.78, 5) is 40.7. The smallest absolute Gasteiger partial charge is 0.336 e. The Balaban J connectivity index is 2.01. The Morgan fingerprint density at radius 3 is 2.43 bits per heavy atom. The lowest BCUT2D eigenvalue weighted by molar-refractivity contribution is -0.122. The third kappa shape index (κ3) is 3.84. The van der Waals surface area contributed by atoms with Crippen LogP contribution in [0.15, 0.2) is 48.0 Å². The lowest BCUT2D eigenvalue weighted by atomic mass is 10.1. The van der Waals surface area contributed by atoms with Crippen LogP contribution in [0.2, 0.25) is 0 Å². The summed E-state index contributed by atoms with van der Waals surface area (Å²) in [6, 6.07) is 10.6. The number of nitrogens with zero attached hydrogens (tertiary/aromatic N) is 2. The van der Waals surface area contributed by atoms with Crippen LogP contribution in [0.5, 0.6) is 11.5 Å². The van der Waals surface area contributed by atoms with Gasteiger partial charge >= 0.3 is 6.03 Å². The van der Waals surface area contributed by atoms with Gasteiger partial charge in [-0.05, 0) is 44.2 Å². The fraction of sp³-hybridized carbons (Fsp3) is 0.227. The van der Waals surface area contributed by atoms with E-state index in [1.165, 1.54) is 13.2 Å². The van der Waals surface area contributed by atoms with Crippen LogP contribution in [0.4, 0.5) is 16.2 Å². The van der Waals surface area contributed by atoms with Crippen molar-refractivity contribution in [2.45, 2.75) is 13.8 Å². The first-order valence-electron chi connectivity index (χ1n) is 9.53. The maximum atomic E-state index is 13.0. The predicted octanol–water partition coefficient (Wildman–Crippen LogP) is 2.91. The molecule has 0 spiro atoms. The highest BCUT2D eigenvalue weighted by atomic mass is 16.5. The summed E-state index contributed by atoms with van der Waals surface area (Å²) < 4.78 is 5.23. The topological polar surface area (TPSA) is 99.2 Å². The van der Waals surface area contributed by atoms with Crippen molar-refractivity contribution >= 4 is 35.3 Å². The number of hydrogen-bond donors (Lipinski definition) is 2. The molecule has 2 aromatic rings. The summed E-state index contributed by atoms with van der Waals surface area (Å²) in [5, 5.41) is 12.6. The van der Waals surface area contributed by atoms with Crippen molar-refractivity contribution in [3.63, 3.8) is 0 Å². The Bertz CT molecular complexity index is 1030. The number of anilines is 2. The van der Waals surface area contributed by atoms with Crippen molar-refractivity contribution in [1.29, 1.82) is 0 Å². The van der Waals surface area contributed by atoms with Crippen LogP contribution in [-0.4, -0.2) is 43.2 Å². The molecular weight excluding hydrogens is 386 g/mol. The van der Waals surface area contributed by atoms with Crippen molar-refractivity contribution in [2.24, 2.45) is 0 Å². The number of imide groups is 2. The zero-order valence-corrected chi connectivity index (χ0v) is 17.0. The molecule has 0 aromatic heterocycles. The molecule has 3 rings (SSSR count). The van der Waals surface area contributed by atoms with Gasteiger partial charge in [0.1, 0.15) is 17.1 Å². The number of barbiturate groups is 1. The molecule has 0 bridgehead atoms. The molecule has 1 saturated heterocycles. The molecule has 2 aromatic carbocycles. The molecule has 30 heavy (non-hydrogen) atoms. The fourth-order valence-corrected chi connectivity index (χ4v) is 3.29. The van der Waals surface area contributed by atoms with Crippen LogP contribution in [0.25, 0.3) is 6.08 Å². The number of urea groups is 1. The summed E-state index contributed by atoms with van der Waals surface area (Å²) in [6.45, 7) is 5.55. The molecule has 1 aliphatic rings. The molecule has 1 heterocycles. The average Bonchev–Trinajstić information content (AvgIpc) is 2.73. The minimum atomic E-state index is -0.868. The minimum absolute atomic E-state index is 0.0757. The highest BCUT2D eigenvalue weighted by molar-refractivity contribution is 6.39. The van der Waals surface area contributed by atoms with E-state index in [0.29, 0.717) is 11.3 Å². The number of amides is 4. The number of phenolic OH excluding ortho intramolecular Hbond substituents is 1. The number of hydrogen-bond acceptors (Lipinski definition) is 6. The standard InChI is InChI=1S/C22H23N3O5/c1-4-24(5-2)15-11-10-14(18(26)13-15)12-16-20(27)23-22(29)25(21(16)28)17-8-6-7-9-19(17)30-3/h6-13,26H,4-5H2,1-3H3,(H,23,27,29)/b16-12+. The molecule has 0 unspecified atom stereocenters. The Morgan fingerprint density at radius 1 is 1.10 bits per heavy atom.